The van der Waals surface area contributed by atoms with Crippen LogP contribution in [0.3, 0.4) is 0 Å². The van der Waals surface area contributed by atoms with E-state index in [1.54, 1.807) is 30.8 Å². The van der Waals surface area contributed by atoms with Crippen LogP contribution in [0.4, 0.5) is 8.78 Å². The first-order valence-corrected chi connectivity index (χ1v) is 10.2. The average molecular weight is 441 g/mol. The molecule has 0 bridgehead atoms. The number of aryl methyl sites for hydroxylation is 2. The van der Waals surface area contributed by atoms with Gasteiger partial charge in [-0.25, -0.2) is 18.4 Å². The summed E-state index contributed by atoms with van der Waals surface area (Å²) in [6, 6.07) is 7.74. The molecule has 0 saturated carbocycles. The summed E-state index contributed by atoms with van der Waals surface area (Å²) in [6.07, 6.45) is 1.63. The first kappa shape index (κ1) is 23.1. The molecule has 0 unspecified atom stereocenters. The third kappa shape index (κ3) is 5.16. The fraction of sp³-hybridized carbons (Fsp3) is 0.304. The van der Waals surface area contributed by atoms with E-state index >= 15 is 0 Å². The van der Waals surface area contributed by atoms with Gasteiger partial charge in [0, 0.05) is 18.4 Å². The molecule has 0 fully saturated rings. The summed E-state index contributed by atoms with van der Waals surface area (Å²) in [4.78, 5) is 29.5. The first-order chi connectivity index (χ1) is 15.2. The maximum Gasteiger partial charge on any atom is 0.257 e. The standard InChI is InChI=1S/C23H25F2N5O2/c1-13(2)21(28-22(31)20-17(24)6-5-7-18(20)25)23(32)27-12-16-8-9-19(26-11-16)30-15(4)10-14(3)29-30/h5-11,13,21H,12H2,1-4H3,(H,27,32)(H,28,31)/t21-/m0/s1. The highest BCUT2D eigenvalue weighted by Gasteiger charge is 2.27. The van der Waals surface area contributed by atoms with Gasteiger partial charge in [0.1, 0.15) is 23.2 Å². The van der Waals surface area contributed by atoms with Crippen molar-refractivity contribution in [1.29, 1.82) is 0 Å². The number of benzene rings is 1. The van der Waals surface area contributed by atoms with Crippen molar-refractivity contribution < 1.29 is 18.4 Å². The number of aromatic nitrogens is 3. The third-order valence-corrected chi connectivity index (χ3v) is 4.93. The molecule has 1 aromatic carbocycles. The molecular weight excluding hydrogens is 416 g/mol. The Kier molecular flexibility index (Phi) is 6.97. The van der Waals surface area contributed by atoms with Gasteiger partial charge in [-0.1, -0.05) is 26.0 Å². The lowest BCUT2D eigenvalue weighted by molar-refractivity contribution is -0.124. The number of nitrogens with one attached hydrogen (secondary N) is 2. The quantitative estimate of drug-likeness (QED) is 0.589. The van der Waals surface area contributed by atoms with Gasteiger partial charge in [0.05, 0.1) is 5.69 Å². The first-order valence-electron chi connectivity index (χ1n) is 10.2. The maximum atomic E-state index is 13.9. The zero-order valence-corrected chi connectivity index (χ0v) is 18.3. The van der Waals surface area contributed by atoms with E-state index in [1.165, 1.54) is 6.07 Å². The van der Waals surface area contributed by atoms with E-state index in [2.05, 4.69) is 20.7 Å². The van der Waals surface area contributed by atoms with Crippen molar-refractivity contribution in [3.8, 4) is 5.82 Å². The number of rotatable bonds is 7. The average Bonchev–Trinajstić information content (AvgIpc) is 3.08. The van der Waals surface area contributed by atoms with Gasteiger partial charge in [-0.05, 0) is 49.6 Å². The van der Waals surface area contributed by atoms with E-state index in [9.17, 15) is 18.4 Å². The Bertz CT molecular complexity index is 1110. The molecule has 0 spiro atoms. The van der Waals surface area contributed by atoms with Crippen molar-refractivity contribution in [2.75, 3.05) is 0 Å². The van der Waals surface area contributed by atoms with E-state index in [1.807, 2.05) is 26.0 Å². The van der Waals surface area contributed by atoms with Crippen molar-refractivity contribution in [3.05, 3.63) is 76.7 Å². The van der Waals surface area contributed by atoms with Gasteiger partial charge in [0.2, 0.25) is 5.91 Å². The van der Waals surface area contributed by atoms with Crippen LogP contribution in [0.5, 0.6) is 0 Å². The molecule has 2 N–H and O–H groups in total. The summed E-state index contributed by atoms with van der Waals surface area (Å²) in [6.45, 7) is 7.47. The summed E-state index contributed by atoms with van der Waals surface area (Å²) >= 11 is 0. The number of amides is 2. The second-order valence-corrected chi connectivity index (χ2v) is 7.87. The summed E-state index contributed by atoms with van der Waals surface area (Å²) in [5.41, 5.74) is 1.88. The molecule has 2 heterocycles. The molecule has 1 atom stereocenters. The second-order valence-electron chi connectivity index (χ2n) is 7.87. The second kappa shape index (κ2) is 9.67. The van der Waals surface area contributed by atoms with Crippen LogP contribution in [-0.2, 0) is 11.3 Å². The molecule has 0 saturated heterocycles. The van der Waals surface area contributed by atoms with E-state index in [0.717, 1.165) is 29.1 Å². The lowest BCUT2D eigenvalue weighted by atomic mass is 10.0. The van der Waals surface area contributed by atoms with E-state index < -0.39 is 35.1 Å². The molecule has 9 heteroatoms. The molecule has 3 rings (SSSR count). The predicted molar refractivity (Wildman–Crippen MR) is 115 cm³/mol. The van der Waals surface area contributed by atoms with Crippen molar-refractivity contribution >= 4 is 11.8 Å². The normalized spacial score (nSPS) is 12.0. The molecule has 3 aromatic rings. The van der Waals surface area contributed by atoms with Crippen LogP contribution in [0, 0.1) is 31.4 Å². The Morgan fingerprint density at radius 2 is 1.78 bits per heavy atom. The fourth-order valence-corrected chi connectivity index (χ4v) is 3.27. The Balaban J connectivity index is 1.65. The molecular formula is C23H25F2N5O2. The number of hydrogen-bond donors (Lipinski definition) is 2. The van der Waals surface area contributed by atoms with Gasteiger partial charge in [-0.15, -0.1) is 0 Å². The number of carbonyl (C=O) groups is 2. The molecule has 0 radical (unpaired) electrons. The van der Waals surface area contributed by atoms with Crippen molar-refractivity contribution in [2.45, 2.75) is 40.3 Å². The van der Waals surface area contributed by atoms with Crippen LogP contribution >= 0.6 is 0 Å². The molecule has 32 heavy (non-hydrogen) atoms. The van der Waals surface area contributed by atoms with Gasteiger partial charge >= 0.3 is 0 Å². The third-order valence-electron chi connectivity index (χ3n) is 4.93. The minimum Gasteiger partial charge on any atom is -0.350 e. The number of halogens is 2. The highest BCUT2D eigenvalue weighted by atomic mass is 19.1. The summed E-state index contributed by atoms with van der Waals surface area (Å²) in [7, 11) is 0. The lowest BCUT2D eigenvalue weighted by Gasteiger charge is -2.22. The highest BCUT2D eigenvalue weighted by Crippen LogP contribution is 2.14. The van der Waals surface area contributed by atoms with Gasteiger partial charge in [0.15, 0.2) is 5.82 Å². The minimum absolute atomic E-state index is 0.177. The Hall–Kier alpha value is -3.62. The van der Waals surface area contributed by atoms with Gasteiger partial charge in [-0.3, -0.25) is 9.59 Å². The number of pyridine rings is 1. The van der Waals surface area contributed by atoms with Gasteiger partial charge in [0.25, 0.3) is 5.91 Å². The topological polar surface area (TPSA) is 88.9 Å². The molecule has 2 amide bonds. The highest BCUT2D eigenvalue weighted by molar-refractivity contribution is 5.98. The SMILES string of the molecule is Cc1cc(C)n(-c2ccc(CNC(=O)[C@@H](NC(=O)c3c(F)cccc3F)C(C)C)cn2)n1. The summed E-state index contributed by atoms with van der Waals surface area (Å²) < 4.78 is 29.5. The van der Waals surface area contributed by atoms with Crippen LogP contribution in [0.1, 0.15) is 41.2 Å². The van der Waals surface area contributed by atoms with Crippen molar-refractivity contribution in [2.24, 2.45) is 5.92 Å². The Morgan fingerprint density at radius 1 is 1.09 bits per heavy atom. The molecule has 0 aliphatic rings. The number of hydrogen-bond acceptors (Lipinski definition) is 4. The van der Waals surface area contributed by atoms with Crippen LogP contribution in [0.25, 0.3) is 5.82 Å². The molecule has 7 nitrogen and oxygen atoms in total. The van der Waals surface area contributed by atoms with E-state index in [0.29, 0.717) is 5.82 Å². The largest absolute Gasteiger partial charge is 0.350 e. The summed E-state index contributed by atoms with van der Waals surface area (Å²) in [5.74, 6) is -3.07. The molecule has 0 aliphatic heterocycles. The van der Waals surface area contributed by atoms with Crippen LogP contribution in [-0.4, -0.2) is 32.6 Å². The zero-order chi connectivity index (χ0) is 23.4. The fourth-order valence-electron chi connectivity index (χ4n) is 3.27. The smallest absolute Gasteiger partial charge is 0.257 e. The predicted octanol–water partition coefficient (Wildman–Crippen LogP) is 3.23. The monoisotopic (exact) mass is 441 g/mol. The van der Waals surface area contributed by atoms with Gasteiger partial charge < -0.3 is 10.6 Å². The lowest BCUT2D eigenvalue weighted by Crippen LogP contribution is -2.49. The van der Waals surface area contributed by atoms with Crippen molar-refractivity contribution in [1.82, 2.24) is 25.4 Å². The Labute approximate surface area is 184 Å². The van der Waals surface area contributed by atoms with Gasteiger partial charge in [-0.2, -0.15) is 5.10 Å². The minimum atomic E-state index is -0.987. The van der Waals surface area contributed by atoms with Crippen LogP contribution < -0.4 is 10.6 Å². The summed E-state index contributed by atoms with van der Waals surface area (Å²) in [5, 5.41) is 9.55. The zero-order valence-electron chi connectivity index (χ0n) is 18.3. The number of carbonyl (C=O) groups excluding carboxylic acids is 2. The van der Waals surface area contributed by atoms with E-state index in [4.69, 9.17) is 0 Å². The van der Waals surface area contributed by atoms with Crippen LogP contribution in [0.15, 0.2) is 42.6 Å². The Morgan fingerprint density at radius 3 is 2.31 bits per heavy atom. The van der Waals surface area contributed by atoms with E-state index in [-0.39, 0.29) is 12.5 Å². The molecule has 168 valence electrons. The van der Waals surface area contributed by atoms with Crippen molar-refractivity contribution in [3.63, 3.8) is 0 Å². The van der Waals surface area contributed by atoms with Crippen LogP contribution in [0.2, 0.25) is 0 Å². The molecule has 2 aromatic heterocycles. The number of nitrogens with zero attached hydrogens (tertiary/aromatic N) is 3. The molecule has 0 aliphatic carbocycles. The maximum absolute atomic E-state index is 13.9.